The Labute approximate surface area is 186 Å². The highest BCUT2D eigenvalue weighted by Gasteiger charge is 2.22. The molecule has 2 aromatic carbocycles. The topological polar surface area (TPSA) is 77.2 Å². The average Bonchev–Trinajstić information content (AvgIpc) is 3.21. The summed E-state index contributed by atoms with van der Waals surface area (Å²) in [6, 6.07) is 19.7. The van der Waals surface area contributed by atoms with Crippen LogP contribution in [0.5, 0.6) is 5.75 Å². The molecule has 1 saturated heterocycles. The standard InChI is InChI=1S/C24H26N6O2/c31-23-22-21(17-26-30(23)15-16-32-20-9-5-2-6-10-20)27-24(28-13-11-25-12-14-28)29(22)18-19-7-3-1-4-8-19/h1-10,17,25H,11-16,18H2. The van der Waals surface area contributed by atoms with Gasteiger partial charge in [-0.1, -0.05) is 48.5 Å². The molecule has 0 aliphatic carbocycles. The SMILES string of the molecule is O=c1c2c(cnn1CCOc1ccccc1)nc(N1CCNCC1)n2Cc1ccccc1. The minimum absolute atomic E-state index is 0.149. The first-order valence-corrected chi connectivity index (χ1v) is 10.9. The molecule has 0 unspecified atom stereocenters. The van der Waals surface area contributed by atoms with Gasteiger partial charge in [-0.15, -0.1) is 0 Å². The molecule has 8 nitrogen and oxygen atoms in total. The Bertz CT molecular complexity index is 1230. The van der Waals surface area contributed by atoms with Gasteiger partial charge in [-0.3, -0.25) is 4.79 Å². The summed E-state index contributed by atoms with van der Waals surface area (Å²) in [6.07, 6.45) is 1.69. The number of nitrogens with zero attached hydrogens (tertiary/aromatic N) is 5. The molecular formula is C24H26N6O2. The Morgan fingerprint density at radius 1 is 0.969 bits per heavy atom. The number of para-hydroxylation sites is 1. The molecule has 8 heteroatoms. The van der Waals surface area contributed by atoms with Crippen LogP contribution in [0, 0.1) is 0 Å². The van der Waals surface area contributed by atoms with Gasteiger partial charge in [0.1, 0.15) is 23.4 Å². The molecule has 3 heterocycles. The van der Waals surface area contributed by atoms with Gasteiger partial charge in [-0.25, -0.2) is 9.67 Å². The Balaban J connectivity index is 1.49. The third-order valence-electron chi connectivity index (χ3n) is 5.63. The largest absolute Gasteiger partial charge is 0.492 e. The van der Waals surface area contributed by atoms with Crippen molar-refractivity contribution in [2.75, 3.05) is 37.7 Å². The molecule has 1 aliphatic heterocycles. The van der Waals surface area contributed by atoms with Crippen molar-refractivity contribution in [2.45, 2.75) is 13.1 Å². The average molecular weight is 431 g/mol. The number of anilines is 1. The van der Waals surface area contributed by atoms with Crippen molar-refractivity contribution in [1.82, 2.24) is 24.6 Å². The predicted molar refractivity (Wildman–Crippen MR) is 124 cm³/mol. The van der Waals surface area contributed by atoms with Gasteiger partial charge in [-0.2, -0.15) is 5.10 Å². The number of hydrogen-bond acceptors (Lipinski definition) is 6. The maximum Gasteiger partial charge on any atom is 0.293 e. The predicted octanol–water partition coefficient (Wildman–Crippen LogP) is 2.13. The second-order valence-corrected chi connectivity index (χ2v) is 7.79. The van der Waals surface area contributed by atoms with Gasteiger partial charge >= 0.3 is 0 Å². The highest BCUT2D eigenvalue weighted by Crippen LogP contribution is 2.22. The van der Waals surface area contributed by atoms with Gasteiger partial charge < -0.3 is 19.5 Å². The van der Waals surface area contributed by atoms with E-state index in [0.717, 1.165) is 43.4 Å². The van der Waals surface area contributed by atoms with Crippen LogP contribution in [-0.2, 0) is 13.1 Å². The van der Waals surface area contributed by atoms with Gasteiger partial charge in [0.05, 0.1) is 19.3 Å². The van der Waals surface area contributed by atoms with Crippen LogP contribution in [0.3, 0.4) is 0 Å². The lowest BCUT2D eigenvalue weighted by Crippen LogP contribution is -2.44. The second kappa shape index (κ2) is 9.23. The number of aromatic nitrogens is 4. The molecule has 0 atom stereocenters. The van der Waals surface area contributed by atoms with Gasteiger partial charge in [0.2, 0.25) is 5.95 Å². The van der Waals surface area contributed by atoms with Crippen molar-refractivity contribution in [3.05, 3.63) is 82.8 Å². The van der Waals surface area contributed by atoms with E-state index in [0.29, 0.717) is 30.7 Å². The summed E-state index contributed by atoms with van der Waals surface area (Å²) in [4.78, 5) is 20.5. The summed E-state index contributed by atoms with van der Waals surface area (Å²) in [6.45, 7) is 4.80. The minimum Gasteiger partial charge on any atom is -0.492 e. The monoisotopic (exact) mass is 430 g/mol. The lowest BCUT2D eigenvalue weighted by Gasteiger charge is -2.28. The normalized spacial score (nSPS) is 14.1. The number of ether oxygens (including phenoxy) is 1. The lowest BCUT2D eigenvalue weighted by molar-refractivity contribution is 0.288. The summed E-state index contributed by atoms with van der Waals surface area (Å²) >= 11 is 0. The van der Waals surface area contributed by atoms with Crippen LogP contribution >= 0.6 is 0 Å². The van der Waals surface area contributed by atoms with Gasteiger partial charge in [-0.05, 0) is 17.7 Å². The van der Waals surface area contributed by atoms with E-state index < -0.39 is 0 Å². The van der Waals surface area contributed by atoms with E-state index >= 15 is 0 Å². The lowest BCUT2D eigenvalue weighted by atomic mass is 10.2. The number of nitrogens with one attached hydrogen (secondary N) is 1. The third-order valence-corrected chi connectivity index (χ3v) is 5.63. The summed E-state index contributed by atoms with van der Waals surface area (Å²) in [5.74, 6) is 1.60. The summed E-state index contributed by atoms with van der Waals surface area (Å²) in [5, 5.41) is 7.74. The maximum absolute atomic E-state index is 13.4. The van der Waals surface area contributed by atoms with E-state index in [1.165, 1.54) is 4.68 Å². The number of rotatable bonds is 7. The molecule has 1 fully saturated rings. The molecular weight excluding hydrogens is 404 g/mol. The minimum atomic E-state index is -0.149. The zero-order chi connectivity index (χ0) is 21.8. The van der Waals surface area contributed by atoms with Crippen molar-refractivity contribution in [2.24, 2.45) is 0 Å². The van der Waals surface area contributed by atoms with Gasteiger partial charge in [0.15, 0.2) is 0 Å². The van der Waals surface area contributed by atoms with E-state index in [-0.39, 0.29) is 5.56 Å². The zero-order valence-corrected chi connectivity index (χ0v) is 17.9. The van der Waals surface area contributed by atoms with E-state index in [2.05, 4.69) is 27.4 Å². The highest BCUT2D eigenvalue weighted by molar-refractivity contribution is 5.77. The van der Waals surface area contributed by atoms with Crippen molar-refractivity contribution < 1.29 is 4.74 Å². The molecule has 32 heavy (non-hydrogen) atoms. The molecule has 164 valence electrons. The van der Waals surface area contributed by atoms with Gasteiger partial charge in [0.25, 0.3) is 5.56 Å². The van der Waals surface area contributed by atoms with Crippen LogP contribution in [0.25, 0.3) is 11.0 Å². The molecule has 0 saturated carbocycles. The fraction of sp³-hybridized carbons (Fsp3) is 0.292. The Morgan fingerprint density at radius 2 is 1.69 bits per heavy atom. The smallest absolute Gasteiger partial charge is 0.293 e. The molecule has 1 aliphatic rings. The van der Waals surface area contributed by atoms with E-state index in [9.17, 15) is 4.79 Å². The first kappa shape index (κ1) is 20.3. The molecule has 1 N–H and O–H groups in total. The number of hydrogen-bond donors (Lipinski definition) is 1. The Morgan fingerprint density at radius 3 is 2.44 bits per heavy atom. The number of fused-ring (bicyclic) bond motifs is 1. The van der Waals surface area contributed by atoms with Crippen LogP contribution in [0.15, 0.2) is 71.7 Å². The number of benzene rings is 2. The van der Waals surface area contributed by atoms with Crippen molar-refractivity contribution in [1.29, 1.82) is 0 Å². The van der Waals surface area contributed by atoms with Crippen LogP contribution in [0.1, 0.15) is 5.56 Å². The quantitative estimate of drug-likeness (QED) is 0.484. The van der Waals surface area contributed by atoms with Crippen molar-refractivity contribution >= 4 is 17.0 Å². The summed E-state index contributed by atoms with van der Waals surface area (Å²) in [7, 11) is 0. The molecule has 0 radical (unpaired) electrons. The first-order valence-electron chi connectivity index (χ1n) is 10.9. The maximum atomic E-state index is 13.4. The molecule has 0 spiro atoms. The van der Waals surface area contributed by atoms with Crippen molar-refractivity contribution in [3.8, 4) is 5.75 Å². The third kappa shape index (κ3) is 4.22. The number of piperazine rings is 1. The number of imidazole rings is 1. The fourth-order valence-corrected chi connectivity index (χ4v) is 4.02. The van der Waals surface area contributed by atoms with Crippen LogP contribution in [0.4, 0.5) is 5.95 Å². The highest BCUT2D eigenvalue weighted by atomic mass is 16.5. The van der Waals surface area contributed by atoms with E-state index in [1.54, 1.807) is 6.20 Å². The Kier molecular flexibility index (Phi) is 5.85. The fourth-order valence-electron chi connectivity index (χ4n) is 4.02. The van der Waals surface area contributed by atoms with Crippen molar-refractivity contribution in [3.63, 3.8) is 0 Å². The summed E-state index contributed by atoms with van der Waals surface area (Å²) in [5.41, 5.74) is 2.18. The van der Waals surface area contributed by atoms with Gasteiger partial charge in [0, 0.05) is 26.2 Å². The van der Waals surface area contributed by atoms with E-state index in [4.69, 9.17) is 9.72 Å². The molecule has 2 aromatic heterocycles. The second-order valence-electron chi connectivity index (χ2n) is 7.79. The van der Waals surface area contributed by atoms with Crippen LogP contribution in [-0.4, -0.2) is 52.1 Å². The van der Waals surface area contributed by atoms with E-state index in [1.807, 2.05) is 53.1 Å². The first-order chi connectivity index (χ1) is 15.8. The molecule has 5 rings (SSSR count). The molecule has 4 aromatic rings. The van der Waals surface area contributed by atoms with Crippen LogP contribution in [0.2, 0.25) is 0 Å². The molecule has 0 amide bonds. The Hall–Kier alpha value is -3.65. The van der Waals surface area contributed by atoms with Crippen LogP contribution < -0.4 is 20.5 Å². The molecule has 0 bridgehead atoms. The summed E-state index contributed by atoms with van der Waals surface area (Å²) < 4.78 is 9.27. The zero-order valence-electron chi connectivity index (χ0n) is 17.9.